The fraction of sp³-hybridized carbons (Fsp3) is 0.438. The first-order chi connectivity index (χ1) is 9.22. The molecule has 1 fully saturated rings. The molecule has 0 saturated heterocycles. The zero-order valence-electron chi connectivity index (χ0n) is 11.4. The maximum absolute atomic E-state index is 5.96. The molecule has 0 radical (unpaired) electrons. The second-order valence-corrected chi connectivity index (χ2v) is 5.64. The summed E-state index contributed by atoms with van der Waals surface area (Å²) in [6.07, 6.45) is 6.46. The Morgan fingerprint density at radius 3 is 2.74 bits per heavy atom. The number of aromatic nitrogens is 1. The van der Waals surface area contributed by atoms with Crippen LogP contribution in [0.3, 0.4) is 0 Å². The van der Waals surface area contributed by atoms with Crippen LogP contribution in [0.15, 0.2) is 30.5 Å². The van der Waals surface area contributed by atoms with Crippen LogP contribution in [0.2, 0.25) is 0 Å². The first-order valence-electron chi connectivity index (χ1n) is 7.10. The van der Waals surface area contributed by atoms with Gasteiger partial charge in [-0.05, 0) is 50.3 Å². The van der Waals surface area contributed by atoms with Gasteiger partial charge in [-0.25, -0.2) is 0 Å². The van der Waals surface area contributed by atoms with E-state index in [9.17, 15) is 0 Å². The Balaban J connectivity index is 1.84. The molecule has 1 aromatic heterocycles. The molecule has 100 valence electrons. The summed E-state index contributed by atoms with van der Waals surface area (Å²) in [7, 11) is 0. The smallest absolute Gasteiger partial charge is 0.0725 e. The molecule has 0 bridgehead atoms. The molecule has 3 N–H and O–H groups in total. The Morgan fingerprint density at radius 1 is 1.16 bits per heavy atom. The van der Waals surface area contributed by atoms with Crippen LogP contribution in [0.25, 0.3) is 10.9 Å². The van der Waals surface area contributed by atoms with Crippen LogP contribution in [0, 0.1) is 6.92 Å². The Labute approximate surface area is 114 Å². The molecule has 0 spiro atoms. The van der Waals surface area contributed by atoms with Crippen LogP contribution in [0.4, 0.5) is 5.69 Å². The Kier molecular flexibility index (Phi) is 3.38. The molecule has 1 heterocycles. The number of nitrogens with two attached hydrogens (primary N) is 1. The van der Waals surface area contributed by atoms with Crippen molar-refractivity contribution in [3.05, 3.63) is 36.0 Å². The lowest BCUT2D eigenvalue weighted by Gasteiger charge is -2.28. The van der Waals surface area contributed by atoms with Crippen LogP contribution >= 0.6 is 0 Å². The number of hydrogen-bond acceptors (Lipinski definition) is 3. The van der Waals surface area contributed by atoms with Gasteiger partial charge in [-0.2, -0.15) is 0 Å². The van der Waals surface area contributed by atoms with Crippen LogP contribution in [0.5, 0.6) is 0 Å². The lowest BCUT2D eigenvalue weighted by atomic mass is 9.91. The van der Waals surface area contributed by atoms with E-state index in [4.69, 9.17) is 5.73 Å². The predicted molar refractivity (Wildman–Crippen MR) is 80.3 cm³/mol. The summed E-state index contributed by atoms with van der Waals surface area (Å²) in [5.74, 6) is 0. The minimum atomic E-state index is 0.398. The molecule has 19 heavy (non-hydrogen) atoms. The van der Waals surface area contributed by atoms with Gasteiger partial charge < -0.3 is 11.1 Å². The lowest BCUT2D eigenvalue weighted by Crippen LogP contribution is -2.32. The first kappa shape index (κ1) is 12.4. The van der Waals surface area contributed by atoms with E-state index >= 15 is 0 Å². The van der Waals surface area contributed by atoms with Crippen molar-refractivity contribution in [2.45, 2.75) is 44.7 Å². The number of nitrogens with zero attached hydrogens (tertiary/aromatic N) is 1. The van der Waals surface area contributed by atoms with E-state index in [1.807, 2.05) is 6.20 Å². The monoisotopic (exact) mass is 255 g/mol. The maximum Gasteiger partial charge on any atom is 0.0725 e. The number of rotatable bonds is 2. The number of nitrogens with one attached hydrogen (secondary N) is 1. The molecule has 1 aliphatic rings. The maximum atomic E-state index is 5.96. The fourth-order valence-electron chi connectivity index (χ4n) is 2.87. The molecule has 2 aromatic rings. The first-order valence-corrected chi connectivity index (χ1v) is 7.10. The summed E-state index contributed by atoms with van der Waals surface area (Å²) in [5, 5.41) is 4.88. The predicted octanol–water partition coefficient (Wildman–Crippen LogP) is 3.23. The number of hydrogen-bond donors (Lipinski definition) is 2. The second-order valence-electron chi connectivity index (χ2n) is 5.64. The van der Waals surface area contributed by atoms with E-state index in [-0.39, 0.29) is 0 Å². The highest BCUT2D eigenvalue weighted by molar-refractivity contribution is 5.91. The molecule has 1 saturated carbocycles. The standard InChI is InChI=1S/C16H21N3/c1-11-2-7-14-15(8-9-18-16(14)10-11)19-13-5-3-12(17)4-6-13/h2,7-10,12-13H,3-6,17H2,1H3,(H,18,19). The van der Waals surface area contributed by atoms with E-state index in [0.717, 1.165) is 31.2 Å². The van der Waals surface area contributed by atoms with E-state index in [2.05, 4.69) is 41.5 Å². The van der Waals surface area contributed by atoms with E-state index in [1.165, 1.54) is 16.6 Å². The van der Waals surface area contributed by atoms with Gasteiger partial charge in [0.15, 0.2) is 0 Å². The van der Waals surface area contributed by atoms with Gasteiger partial charge in [-0.1, -0.05) is 12.1 Å². The SMILES string of the molecule is Cc1ccc2c(NC3CCC(N)CC3)ccnc2c1. The molecule has 3 nitrogen and oxygen atoms in total. The molecule has 1 aromatic carbocycles. The van der Waals surface area contributed by atoms with Crippen molar-refractivity contribution in [3.63, 3.8) is 0 Å². The molecular formula is C16H21N3. The zero-order chi connectivity index (χ0) is 13.2. The van der Waals surface area contributed by atoms with Gasteiger partial charge in [0, 0.05) is 29.4 Å². The number of pyridine rings is 1. The van der Waals surface area contributed by atoms with Gasteiger partial charge in [0.05, 0.1) is 5.52 Å². The van der Waals surface area contributed by atoms with Gasteiger partial charge in [0.2, 0.25) is 0 Å². The summed E-state index contributed by atoms with van der Waals surface area (Å²) in [6.45, 7) is 2.10. The van der Waals surface area contributed by atoms with Crippen molar-refractivity contribution in [2.75, 3.05) is 5.32 Å². The molecule has 0 aliphatic heterocycles. The van der Waals surface area contributed by atoms with E-state index in [1.54, 1.807) is 0 Å². The molecule has 0 unspecified atom stereocenters. The van der Waals surface area contributed by atoms with E-state index in [0.29, 0.717) is 12.1 Å². The van der Waals surface area contributed by atoms with Gasteiger partial charge in [-0.3, -0.25) is 4.98 Å². The minimum absolute atomic E-state index is 0.398. The molecule has 1 aliphatic carbocycles. The Morgan fingerprint density at radius 2 is 1.95 bits per heavy atom. The van der Waals surface area contributed by atoms with Crippen LogP contribution in [0.1, 0.15) is 31.2 Å². The number of benzene rings is 1. The van der Waals surface area contributed by atoms with Crippen molar-refractivity contribution < 1.29 is 0 Å². The molecule has 3 rings (SSSR count). The third-order valence-corrected chi connectivity index (χ3v) is 4.03. The van der Waals surface area contributed by atoms with Crippen molar-refractivity contribution >= 4 is 16.6 Å². The van der Waals surface area contributed by atoms with Crippen molar-refractivity contribution in [2.24, 2.45) is 5.73 Å². The average Bonchev–Trinajstić information content (AvgIpc) is 2.41. The molecule has 0 amide bonds. The van der Waals surface area contributed by atoms with Gasteiger partial charge in [0.25, 0.3) is 0 Å². The van der Waals surface area contributed by atoms with Crippen molar-refractivity contribution in [1.82, 2.24) is 4.98 Å². The van der Waals surface area contributed by atoms with Crippen molar-refractivity contribution in [3.8, 4) is 0 Å². The summed E-state index contributed by atoms with van der Waals surface area (Å²) < 4.78 is 0. The number of aryl methyl sites for hydroxylation is 1. The minimum Gasteiger partial charge on any atom is -0.382 e. The van der Waals surface area contributed by atoms with Gasteiger partial charge >= 0.3 is 0 Å². The third kappa shape index (κ3) is 2.71. The third-order valence-electron chi connectivity index (χ3n) is 4.03. The number of anilines is 1. The van der Waals surface area contributed by atoms with Crippen LogP contribution in [-0.2, 0) is 0 Å². The largest absolute Gasteiger partial charge is 0.382 e. The highest BCUT2D eigenvalue weighted by Gasteiger charge is 2.18. The summed E-state index contributed by atoms with van der Waals surface area (Å²) in [5.41, 5.74) is 9.48. The fourth-order valence-corrected chi connectivity index (χ4v) is 2.87. The van der Waals surface area contributed by atoms with Crippen LogP contribution in [-0.4, -0.2) is 17.1 Å². The van der Waals surface area contributed by atoms with Crippen molar-refractivity contribution in [1.29, 1.82) is 0 Å². The summed E-state index contributed by atoms with van der Waals surface area (Å²) in [4.78, 5) is 4.45. The molecule has 0 atom stereocenters. The lowest BCUT2D eigenvalue weighted by molar-refractivity contribution is 0.411. The zero-order valence-corrected chi connectivity index (χ0v) is 11.4. The highest BCUT2D eigenvalue weighted by atomic mass is 14.9. The topological polar surface area (TPSA) is 50.9 Å². The normalized spacial score (nSPS) is 23.5. The quantitative estimate of drug-likeness (QED) is 0.866. The average molecular weight is 255 g/mol. The highest BCUT2D eigenvalue weighted by Crippen LogP contribution is 2.26. The van der Waals surface area contributed by atoms with E-state index < -0.39 is 0 Å². The molecular weight excluding hydrogens is 234 g/mol. The Hall–Kier alpha value is -1.61. The second kappa shape index (κ2) is 5.17. The van der Waals surface area contributed by atoms with Gasteiger partial charge in [0.1, 0.15) is 0 Å². The van der Waals surface area contributed by atoms with Gasteiger partial charge in [-0.15, -0.1) is 0 Å². The van der Waals surface area contributed by atoms with Crippen LogP contribution < -0.4 is 11.1 Å². The summed E-state index contributed by atoms with van der Waals surface area (Å²) >= 11 is 0. The Bertz CT molecular complexity index is 571. The molecule has 3 heteroatoms. The number of fused-ring (bicyclic) bond motifs is 1. The summed E-state index contributed by atoms with van der Waals surface area (Å²) in [6, 6.07) is 9.46.